The summed E-state index contributed by atoms with van der Waals surface area (Å²) in [5.41, 5.74) is 2.48. The van der Waals surface area contributed by atoms with Crippen LogP contribution in [-0.4, -0.2) is 27.8 Å². The maximum Gasteiger partial charge on any atom is 0.272 e. The zero-order chi connectivity index (χ0) is 20.2. The van der Waals surface area contributed by atoms with E-state index in [0.717, 1.165) is 11.3 Å². The number of nitrogens with one attached hydrogen (secondary N) is 1. The van der Waals surface area contributed by atoms with Crippen molar-refractivity contribution < 1.29 is 13.9 Å². The minimum Gasteiger partial charge on any atom is -0.481 e. The van der Waals surface area contributed by atoms with Gasteiger partial charge in [-0.25, -0.2) is 9.67 Å². The molecule has 0 fully saturated rings. The van der Waals surface area contributed by atoms with Crippen LogP contribution in [-0.2, 0) is 6.54 Å². The zero-order valence-corrected chi connectivity index (χ0v) is 16.3. The third kappa shape index (κ3) is 4.14. The normalized spacial score (nSPS) is 10.7. The number of carbonyl (C=O) groups is 1. The molecule has 0 radical (unpaired) electrons. The highest BCUT2D eigenvalue weighted by atomic mass is 35.5. The second-order valence-electron chi connectivity index (χ2n) is 6.18. The number of halogens is 1. The lowest BCUT2D eigenvalue weighted by Gasteiger charge is -2.06. The molecule has 0 aliphatic heterocycles. The minimum absolute atomic E-state index is 0.262. The fourth-order valence-corrected chi connectivity index (χ4v) is 2.99. The van der Waals surface area contributed by atoms with Crippen LogP contribution in [0.25, 0.3) is 17.1 Å². The summed E-state index contributed by atoms with van der Waals surface area (Å²) in [6.45, 7) is 0.315. The van der Waals surface area contributed by atoms with Gasteiger partial charge in [-0.05, 0) is 35.9 Å². The second kappa shape index (κ2) is 8.20. The molecule has 0 spiro atoms. The summed E-state index contributed by atoms with van der Waals surface area (Å²) in [6.07, 6.45) is 3.22. The molecule has 4 aromatic rings. The number of pyridine rings is 1. The van der Waals surface area contributed by atoms with Crippen LogP contribution in [0.15, 0.2) is 71.5 Å². The number of benzene rings is 1. The molecule has 0 saturated carbocycles. The van der Waals surface area contributed by atoms with Gasteiger partial charge < -0.3 is 14.5 Å². The molecular weight excluding hydrogens is 392 g/mol. The average Bonchev–Trinajstić information content (AvgIpc) is 3.42. The Morgan fingerprint density at radius 1 is 1.21 bits per heavy atom. The van der Waals surface area contributed by atoms with Gasteiger partial charge in [0.1, 0.15) is 5.69 Å². The number of hydrogen-bond acceptors (Lipinski definition) is 5. The van der Waals surface area contributed by atoms with E-state index < -0.39 is 0 Å². The van der Waals surface area contributed by atoms with E-state index in [1.54, 1.807) is 54.6 Å². The molecule has 0 saturated heterocycles. The quantitative estimate of drug-likeness (QED) is 0.519. The van der Waals surface area contributed by atoms with Crippen LogP contribution in [0.2, 0.25) is 5.02 Å². The first kappa shape index (κ1) is 18.8. The van der Waals surface area contributed by atoms with Crippen LogP contribution < -0.4 is 10.1 Å². The van der Waals surface area contributed by atoms with Crippen LogP contribution >= 0.6 is 11.6 Å². The Labute approximate surface area is 171 Å². The van der Waals surface area contributed by atoms with Gasteiger partial charge in [0.05, 0.1) is 19.1 Å². The molecule has 0 aliphatic carbocycles. The van der Waals surface area contributed by atoms with Gasteiger partial charge in [-0.15, -0.1) is 0 Å². The summed E-state index contributed by atoms with van der Waals surface area (Å²) < 4.78 is 12.2. The largest absolute Gasteiger partial charge is 0.481 e. The zero-order valence-electron chi connectivity index (χ0n) is 15.5. The van der Waals surface area contributed by atoms with Gasteiger partial charge in [-0.2, -0.15) is 5.10 Å². The van der Waals surface area contributed by atoms with E-state index in [4.69, 9.17) is 20.8 Å². The molecule has 29 heavy (non-hydrogen) atoms. The number of amides is 1. The highest BCUT2D eigenvalue weighted by Crippen LogP contribution is 2.25. The Morgan fingerprint density at radius 3 is 2.79 bits per heavy atom. The molecule has 4 rings (SSSR count). The van der Waals surface area contributed by atoms with E-state index in [-0.39, 0.29) is 11.6 Å². The lowest BCUT2D eigenvalue weighted by molar-refractivity contribution is 0.0945. The van der Waals surface area contributed by atoms with Crippen molar-refractivity contribution in [1.82, 2.24) is 20.1 Å². The molecule has 1 N–H and O–H groups in total. The van der Waals surface area contributed by atoms with Gasteiger partial charge in [0.15, 0.2) is 11.5 Å². The van der Waals surface area contributed by atoms with Crippen molar-refractivity contribution in [1.29, 1.82) is 0 Å². The second-order valence-corrected chi connectivity index (χ2v) is 6.61. The number of nitrogens with zero attached hydrogens (tertiary/aromatic N) is 3. The van der Waals surface area contributed by atoms with E-state index in [1.807, 2.05) is 24.3 Å². The molecule has 1 aromatic carbocycles. The van der Waals surface area contributed by atoms with Crippen molar-refractivity contribution in [2.24, 2.45) is 0 Å². The third-order valence-corrected chi connectivity index (χ3v) is 4.46. The van der Waals surface area contributed by atoms with Gasteiger partial charge in [-0.3, -0.25) is 4.79 Å². The van der Waals surface area contributed by atoms with E-state index in [9.17, 15) is 4.79 Å². The fraction of sp³-hybridized carbons (Fsp3) is 0.0952. The van der Waals surface area contributed by atoms with Crippen molar-refractivity contribution in [2.75, 3.05) is 7.11 Å². The molecule has 3 heterocycles. The molecule has 3 aromatic heterocycles. The Balaban J connectivity index is 1.60. The number of methoxy groups -OCH3 is 1. The summed E-state index contributed by atoms with van der Waals surface area (Å²) in [5.74, 6) is 0.800. The molecule has 146 valence electrons. The Hall–Kier alpha value is -3.58. The molecule has 8 heteroatoms. The van der Waals surface area contributed by atoms with Crippen molar-refractivity contribution in [3.63, 3.8) is 0 Å². The van der Waals surface area contributed by atoms with E-state index >= 15 is 0 Å². The summed E-state index contributed by atoms with van der Waals surface area (Å²) in [5, 5.41) is 7.89. The first-order chi connectivity index (χ1) is 14.1. The van der Waals surface area contributed by atoms with Gasteiger partial charge in [0.2, 0.25) is 5.88 Å². The maximum absolute atomic E-state index is 12.7. The van der Waals surface area contributed by atoms with Gasteiger partial charge >= 0.3 is 0 Å². The number of furan rings is 1. The lowest BCUT2D eigenvalue weighted by Crippen LogP contribution is -2.23. The monoisotopic (exact) mass is 408 g/mol. The van der Waals surface area contributed by atoms with Crippen LogP contribution in [0, 0.1) is 0 Å². The smallest absolute Gasteiger partial charge is 0.272 e. The van der Waals surface area contributed by atoms with Gasteiger partial charge in [0, 0.05) is 29.9 Å². The number of carbonyl (C=O) groups excluding carboxylic acids is 1. The summed E-state index contributed by atoms with van der Waals surface area (Å²) in [6, 6.07) is 16.1. The van der Waals surface area contributed by atoms with Gasteiger partial charge in [0.25, 0.3) is 5.91 Å². The lowest BCUT2D eigenvalue weighted by atomic mass is 10.2. The van der Waals surface area contributed by atoms with Crippen LogP contribution in [0.5, 0.6) is 5.88 Å². The van der Waals surface area contributed by atoms with E-state index in [0.29, 0.717) is 28.9 Å². The maximum atomic E-state index is 12.7. The van der Waals surface area contributed by atoms with Crippen molar-refractivity contribution in [3.8, 4) is 23.0 Å². The third-order valence-electron chi connectivity index (χ3n) is 4.23. The molecule has 7 nitrogen and oxygen atoms in total. The minimum atomic E-state index is -0.311. The molecule has 0 aliphatic rings. The first-order valence-electron chi connectivity index (χ1n) is 8.81. The van der Waals surface area contributed by atoms with Crippen LogP contribution in [0.3, 0.4) is 0 Å². The van der Waals surface area contributed by atoms with E-state index in [2.05, 4.69) is 15.4 Å². The molecular formula is C21H17ClN4O3. The summed E-state index contributed by atoms with van der Waals surface area (Å²) in [4.78, 5) is 16.8. The van der Waals surface area contributed by atoms with Gasteiger partial charge in [-0.1, -0.05) is 23.7 Å². The Kier molecular flexibility index (Phi) is 5.31. The molecule has 0 atom stereocenters. The van der Waals surface area contributed by atoms with Crippen molar-refractivity contribution >= 4 is 17.5 Å². The van der Waals surface area contributed by atoms with Crippen LogP contribution in [0.4, 0.5) is 0 Å². The topological polar surface area (TPSA) is 82.2 Å². The fourth-order valence-electron chi connectivity index (χ4n) is 2.81. The van der Waals surface area contributed by atoms with Crippen molar-refractivity contribution in [3.05, 3.63) is 83.3 Å². The molecule has 0 bridgehead atoms. The number of hydrogen-bond donors (Lipinski definition) is 1. The first-order valence-corrected chi connectivity index (χ1v) is 9.19. The predicted molar refractivity (Wildman–Crippen MR) is 108 cm³/mol. The Bertz CT molecular complexity index is 1120. The number of ether oxygens (including phenoxy) is 1. The number of aromatic nitrogens is 3. The number of rotatable bonds is 6. The SMILES string of the molecule is COc1ccc(CNC(=O)c2cc(-c3ccco3)n(-c3cccc(Cl)c3)n2)cn1. The predicted octanol–water partition coefficient (Wildman–Crippen LogP) is 4.12. The highest BCUT2D eigenvalue weighted by molar-refractivity contribution is 6.30. The molecule has 0 unspecified atom stereocenters. The summed E-state index contributed by atoms with van der Waals surface area (Å²) in [7, 11) is 1.55. The summed E-state index contributed by atoms with van der Waals surface area (Å²) >= 11 is 6.12. The molecule has 1 amide bonds. The highest BCUT2D eigenvalue weighted by Gasteiger charge is 2.18. The van der Waals surface area contributed by atoms with Crippen LogP contribution in [0.1, 0.15) is 16.1 Å². The standard InChI is InChI=1S/C21H17ClN4O3/c1-28-20-8-7-14(12-23-20)13-24-21(27)17-11-18(19-6-3-9-29-19)26(25-17)16-5-2-4-15(22)10-16/h2-12H,13H2,1H3,(H,24,27). The Morgan fingerprint density at radius 2 is 2.10 bits per heavy atom. The van der Waals surface area contributed by atoms with E-state index in [1.165, 1.54) is 0 Å². The van der Waals surface area contributed by atoms with Crippen molar-refractivity contribution in [2.45, 2.75) is 6.54 Å². The average molecular weight is 409 g/mol.